The molecule has 2 saturated heterocycles. The number of carboxylic acid groups (broad SMARTS) is 1. The molecular formula is C23H26N4O4S2. The lowest BCUT2D eigenvalue weighted by Gasteiger charge is -2.20. The van der Waals surface area contributed by atoms with Crippen LogP contribution in [0.2, 0.25) is 0 Å². The molecule has 0 unspecified atom stereocenters. The highest BCUT2D eigenvalue weighted by molar-refractivity contribution is 8.26. The third-order valence-electron chi connectivity index (χ3n) is 5.89. The number of aryl methyl sites for hydroxylation is 1. The number of fused-ring (bicyclic) bond motifs is 1. The maximum absolute atomic E-state index is 13.5. The number of amides is 1. The van der Waals surface area contributed by atoms with E-state index in [-0.39, 0.29) is 17.9 Å². The van der Waals surface area contributed by atoms with Crippen LogP contribution in [0.25, 0.3) is 11.7 Å². The summed E-state index contributed by atoms with van der Waals surface area (Å²) in [6.07, 6.45) is 7.49. The number of carboxylic acids is 1. The molecule has 10 heteroatoms. The highest BCUT2D eigenvalue weighted by Crippen LogP contribution is 2.34. The fourth-order valence-electron chi connectivity index (χ4n) is 4.14. The van der Waals surface area contributed by atoms with Crippen molar-refractivity contribution in [1.29, 1.82) is 0 Å². The molecule has 0 aliphatic carbocycles. The molecule has 0 saturated carbocycles. The second-order valence-electron chi connectivity index (χ2n) is 8.27. The van der Waals surface area contributed by atoms with E-state index in [1.54, 1.807) is 17.2 Å². The lowest BCUT2D eigenvalue weighted by atomic mass is 10.2. The first-order valence-electron chi connectivity index (χ1n) is 11.1. The zero-order chi connectivity index (χ0) is 23.5. The van der Waals surface area contributed by atoms with Crippen LogP contribution in [0.15, 0.2) is 28.0 Å². The Hall–Kier alpha value is -2.72. The SMILES string of the molecule is Cc1cccn2c(=O)c(/C=C3\SC(=S)N(CCCCCC(=O)O)C3=O)c(N3CCCC3)nc12. The lowest BCUT2D eigenvalue weighted by Crippen LogP contribution is -2.29. The predicted molar refractivity (Wildman–Crippen MR) is 134 cm³/mol. The number of carbonyl (C=O) groups is 2. The molecule has 0 aromatic carbocycles. The monoisotopic (exact) mass is 486 g/mol. The van der Waals surface area contributed by atoms with Crippen molar-refractivity contribution in [3.63, 3.8) is 0 Å². The Kier molecular flexibility index (Phi) is 7.14. The first kappa shape index (κ1) is 23.4. The molecule has 1 N–H and O–H groups in total. The zero-order valence-electron chi connectivity index (χ0n) is 18.5. The van der Waals surface area contributed by atoms with Crippen LogP contribution in [0.3, 0.4) is 0 Å². The summed E-state index contributed by atoms with van der Waals surface area (Å²) >= 11 is 6.62. The van der Waals surface area contributed by atoms with E-state index in [4.69, 9.17) is 22.3 Å². The van der Waals surface area contributed by atoms with Crippen molar-refractivity contribution in [2.75, 3.05) is 24.5 Å². The minimum Gasteiger partial charge on any atom is -0.481 e. The minimum atomic E-state index is -0.817. The molecule has 2 aliphatic heterocycles. The van der Waals surface area contributed by atoms with Crippen molar-refractivity contribution >= 4 is 57.7 Å². The average molecular weight is 487 g/mol. The topological polar surface area (TPSA) is 95.2 Å². The zero-order valence-corrected chi connectivity index (χ0v) is 20.1. The number of thiocarbonyl (C=S) groups is 1. The highest BCUT2D eigenvalue weighted by Gasteiger charge is 2.32. The van der Waals surface area contributed by atoms with Gasteiger partial charge in [-0.15, -0.1) is 0 Å². The molecule has 2 aromatic rings. The molecule has 33 heavy (non-hydrogen) atoms. The largest absolute Gasteiger partial charge is 0.481 e. The second kappa shape index (κ2) is 10.0. The van der Waals surface area contributed by atoms with Gasteiger partial charge in [-0.1, -0.05) is 36.5 Å². The molecule has 174 valence electrons. The molecule has 2 aliphatic rings. The maximum Gasteiger partial charge on any atom is 0.303 e. The lowest BCUT2D eigenvalue weighted by molar-refractivity contribution is -0.137. The van der Waals surface area contributed by atoms with Gasteiger partial charge in [-0.05, 0) is 50.3 Å². The van der Waals surface area contributed by atoms with Crippen molar-refractivity contribution in [3.05, 3.63) is 44.7 Å². The third kappa shape index (κ3) is 4.96. The van der Waals surface area contributed by atoms with Crippen LogP contribution < -0.4 is 10.5 Å². The van der Waals surface area contributed by atoms with Crippen LogP contribution in [0, 0.1) is 6.92 Å². The van der Waals surface area contributed by atoms with Crippen LogP contribution >= 0.6 is 24.0 Å². The van der Waals surface area contributed by atoms with Crippen LogP contribution in [0.1, 0.15) is 49.7 Å². The summed E-state index contributed by atoms with van der Waals surface area (Å²) in [6, 6.07) is 3.74. The van der Waals surface area contributed by atoms with E-state index >= 15 is 0 Å². The number of carbonyl (C=O) groups excluding carboxylic acids is 1. The van der Waals surface area contributed by atoms with Gasteiger partial charge in [0, 0.05) is 32.3 Å². The maximum atomic E-state index is 13.5. The first-order valence-corrected chi connectivity index (χ1v) is 12.3. The minimum absolute atomic E-state index is 0.121. The van der Waals surface area contributed by atoms with Gasteiger partial charge in [0.05, 0.1) is 10.5 Å². The smallest absolute Gasteiger partial charge is 0.303 e. The third-order valence-corrected chi connectivity index (χ3v) is 7.27. The quantitative estimate of drug-likeness (QED) is 0.344. The number of anilines is 1. The summed E-state index contributed by atoms with van der Waals surface area (Å²) in [5.74, 6) is -0.419. The standard InChI is InChI=1S/C23H26N4O4S2/c1-15-8-7-13-26-19(15)24-20(25-10-5-6-11-25)16(21(26)30)14-17-22(31)27(23(32)33-17)12-4-2-3-9-18(28)29/h7-8,13-14H,2-6,9-12H2,1H3,(H,28,29)/b17-14-. The van der Waals surface area contributed by atoms with Gasteiger partial charge in [-0.2, -0.15) is 0 Å². The molecule has 4 heterocycles. The predicted octanol–water partition coefficient (Wildman–Crippen LogP) is 3.45. The Morgan fingerprint density at radius 1 is 1.24 bits per heavy atom. The molecule has 1 amide bonds. The van der Waals surface area contributed by atoms with Gasteiger partial charge in [0.15, 0.2) is 0 Å². The van der Waals surface area contributed by atoms with E-state index in [0.29, 0.717) is 52.1 Å². The number of rotatable bonds is 8. The molecule has 0 spiro atoms. The van der Waals surface area contributed by atoms with E-state index in [1.165, 1.54) is 16.2 Å². The normalized spacial score (nSPS) is 17.7. The summed E-state index contributed by atoms with van der Waals surface area (Å²) in [5, 5.41) is 8.76. The number of hydrogen-bond acceptors (Lipinski definition) is 7. The molecule has 0 atom stereocenters. The summed E-state index contributed by atoms with van der Waals surface area (Å²) in [6.45, 7) is 4.02. The molecule has 0 bridgehead atoms. The first-order chi connectivity index (χ1) is 15.9. The summed E-state index contributed by atoms with van der Waals surface area (Å²) in [7, 11) is 0. The summed E-state index contributed by atoms with van der Waals surface area (Å²) < 4.78 is 1.99. The molecule has 4 rings (SSSR count). The Balaban J connectivity index is 1.64. The van der Waals surface area contributed by atoms with Crippen LogP contribution in [0.4, 0.5) is 5.82 Å². The van der Waals surface area contributed by atoms with Crippen molar-refractivity contribution < 1.29 is 14.7 Å². The van der Waals surface area contributed by atoms with Gasteiger partial charge in [-0.3, -0.25) is 23.7 Å². The number of nitrogens with zero attached hydrogens (tertiary/aromatic N) is 4. The number of unbranched alkanes of at least 4 members (excludes halogenated alkanes) is 2. The summed E-state index contributed by atoms with van der Waals surface area (Å²) in [5.41, 5.74) is 1.73. The van der Waals surface area contributed by atoms with Gasteiger partial charge in [0.1, 0.15) is 15.8 Å². The van der Waals surface area contributed by atoms with Crippen LogP contribution in [-0.2, 0) is 9.59 Å². The van der Waals surface area contributed by atoms with Gasteiger partial charge in [-0.25, -0.2) is 4.98 Å². The Bertz CT molecular complexity index is 1200. The van der Waals surface area contributed by atoms with E-state index in [0.717, 1.165) is 31.5 Å². The Labute approximate surface area is 201 Å². The van der Waals surface area contributed by atoms with E-state index in [1.807, 2.05) is 19.1 Å². The number of hydrogen-bond donors (Lipinski definition) is 1. The van der Waals surface area contributed by atoms with Crippen LogP contribution in [-0.4, -0.2) is 55.2 Å². The number of thioether (sulfide) groups is 1. The molecular weight excluding hydrogens is 460 g/mol. The van der Waals surface area contributed by atoms with Crippen molar-refractivity contribution in [1.82, 2.24) is 14.3 Å². The molecule has 2 fully saturated rings. The number of aromatic nitrogens is 2. The fourth-order valence-corrected chi connectivity index (χ4v) is 5.43. The molecule has 8 nitrogen and oxygen atoms in total. The van der Waals surface area contributed by atoms with Gasteiger partial charge in [0.25, 0.3) is 11.5 Å². The molecule has 0 radical (unpaired) electrons. The van der Waals surface area contributed by atoms with E-state index in [9.17, 15) is 14.4 Å². The Morgan fingerprint density at radius 2 is 2.00 bits per heavy atom. The Morgan fingerprint density at radius 3 is 2.73 bits per heavy atom. The second-order valence-corrected chi connectivity index (χ2v) is 9.95. The van der Waals surface area contributed by atoms with Gasteiger partial charge < -0.3 is 10.0 Å². The summed E-state index contributed by atoms with van der Waals surface area (Å²) in [4.78, 5) is 46.1. The van der Waals surface area contributed by atoms with E-state index < -0.39 is 5.97 Å². The van der Waals surface area contributed by atoms with Crippen LogP contribution in [0.5, 0.6) is 0 Å². The van der Waals surface area contributed by atoms with Gasteiger partial charge in [0.2, 0.25) is 0 Å². The van der Waals surface area contributed by atoms with Crippen molar-refractivity contribution in [2.45, 2.75) is 45.4 Å². The number of pyridine rings is 1. The van der Waals surface area contributed by atoms with Gasteiger partial charge >= 0.3 is 5.97 Å². The van der Waals surface area contributed by atoms with Crippen molar-refractivity contribution in [3.8, 4) is 0 Å². The van der Waals surface area contributed by atoms with Crippen molar-refractivity contribution in [2.24, 2.45) is 0 Å². The average Bonchev–Trinajstić information content (AvgIpc) is 3.40. The molecule has 2 aromatic heterocycles. The fraction of sp³-hybridized carbons (Fsp3) is 0.435. The van der Waals surface area contributed by atoms with E-state index in [2.05, 4.69) is 4.90 Å². The highest BCUT2D eigenvalue weighted by atomic mass is 32.2. The number of aliphatic carboxylic acids is 1.